The van der Waals surface area contributed by atoms with Gasteiger partial charge >= 0.3 is 0 Å². The molecule has 1 aliphatic heterocycles. The van der Waals surface area contributed by atoms with Gasteiger partial charge in [-0.15, -0.1) is 9.19 Å². The molecule has 126 valence electrons. The summed E-state index contributed by atoms with van der Waals surface area (Å²) in [5.74, 6) is -0.509. The first-order valence-corrected chi connectivity index (χ1v) is 8.90. The summed E-state index contributed by atoms with van der Waals surface area (Å²) < 4.78 is 26.2. The number of nitrogens with one attached hydrogen (secondary N) is 2. The highest BCUT2D eigenvalue weighted by Gasteiger charge is 2.35. The second-order valence-electron chi connectivity index (χ2n) is 5.36. The van der Waals surface area contributed by atoms with Crippen molar-refractivity contribution in [2.75, 3.05) is 12.4 Å². The molecule has 0 saturated heterocycles. The third-order valence-corrected chi connectivity index (χ3v) is 5.85. The van der Waals surface area contributed by atoms with Crippen LogP contribution in [0.5, 0.6) is 0 Å². The van der Waals surface area contributed by atoms with E-state index in [1.165, 1.54) is 14.0 Å². The maximum atomic E-state index is 12.7. The van der Waals surface area contributed by atoms with Gasteiger partial charge in [0.2, 0.25) is 0 Å². The fraction of sp³-hybridized carbons (Fsp3) is 0.200. The van der Waals surface area contributed by atoms with Crippen molar-refractivity contribution >= 4 is 39.0 Å². The van der Waals surface area contributed by atoms with Crippen LogP contribution in [0.25, 0.3) is 5.70 Å². The van der Waals surface area contributed by atoms with Crippen LogP contribution in [0.4, 0.5) is 5.82 Å². The Labute approximate surface area is 144 Å². The molecule has 2 aromatic rings. The number of nitrogens with zero attached hydrogens (tertiary/aromatic N) is 2. The minimum absolute atomic E-state index is 0.0463. The normalized spacial score (nSPS) is 15.7. The van der Waals surface area contributed by atoms with Gasteiger partial charge in [-0.25, -0.2) is 0 Å². The zero-order valence-electron chi connectivity index (χ0n) is 13.2. The van der Waals surface area contributed by atoms with E-state index >= 15 is 0 Å². The molecule has 0 unspecified atom stereocenters. The standard InChI is InChI=1S/C15H15ClN4O3S/c1-8-4-6-10(7-5-8)12-9(2)24(22,23)20-14(18-12)11(16)13(19-20)15(21)17-3/h4-7,18H,1-3H3,(H,17,21). The Morgan fingerprint density at radius 3 is 2.46 bits per heavy atom. The van der Waals surface area contributed by atoms with Gasteiger partial charge in [-0.1, -0.05) is 41.4 Å². The number of allylic oxidation sites excluding steroid dienone is 1. The molecule has 0 saturated carbocycles. The molecule has 7 nitrogen and oxygen atoms in total. The first-order chi connectivity index (χ1) is 11.3. The van der Waals surface area contributed by atoms with Gasteiger partial charge in [-0.05, 0) is 19.4 Å². The van der Waals surface area contributed by atoms with Crippen molar-refractivity contribution in [1.82, 2.24) is 14.5 Å². The van der Waals surface area contributed by atoms with Crippen LogP contribution in [0, 0.1) is 6.92 Å². The predicted octanol–water partition coefficient (Wildman–Crippen LogP) is 2.20. The fourth-order valence-electron chi connectivity index (χ4n) is 2.38. The lowest BCUT2D eigenvalue weighted by Gasteiger charge is -2.22. The maximum absolute atomic E-state index is 12.7. The summed E-state index contributed by atoms with van der Waals surface area (Å²) in [6, 6.07) is 7.40. The molecule has 2 N–H and O–H groups in total. The number of rotatable bonds is 2. The molecule has 0 aliphatic carbocycles. The van der Waals surface area contributed by atoms with E-state index < -0.39 is 15.9 Å². The molecular weight excluding hydrogens is 352 g/mol. The topological polar surface area (TPSA) is 93.1 Å². The molecule has 1 aromatic carbocycles. The smallest absolute Gasteiger partial charge is 0.282 e. The summed E-state index contributed by atoms with van der Waals surface area (Å²) in [5.41, 5.74) is 2.02. The minimum atomic E-state index is -3.91. The van der Waals surface area contributed by atoms with Crippen LogP contribution in [-0.2, 0) is 10.0 Å². The summed E-state index contributed by atoms with van der Waals surface area (Å²) in [5, 5.41) is 9.19. The zero-order valence-corrected chi connectivity index (χ0v) is 14.8. The number of hydrogen-bond acceptors (Lipinski definition) is 5. The lowest BCUT2D eigenvalue weighted by atomic mass is 10.1. The number of benzene rings is 1. The second-order valence-corrected chi connectivity index (χ2v) is 7.65. The highest BCUT2D eigenvalue weighted by molar-refractivity contribution is 7.94. The van der Waals surface area contributed by atoms with Gasteiger partial charge in [0.05, 0.1) is 10.6 Å². The van der Waals surface area contributed by atoms with Crippen molar-refractivity contribution in [2.45, 2.75) is 13.8 Å². The lowest BCUT2D eigenvalue weighted by molar-refractivity contribution is 0.0958. The molecule has 1 amide bonds. The van der Waals surface area contributed by atoms with E-state index in [0.29, 0.717) is 11.3 Å². The number of hydrogen-bond donors (Lipinski definition) is 2. The van der Waals surface area contributed by atoms with E-state index in [1.54, 1.807) is 0 Å². The summed E-state index contributed by atoms with van der Waals surface area (Å²) in [4.78, 5) is 11.9. The molecule has 1 aliphatic rings. The minimum Gasteiger partial charge on any atom is -0.354 e. The number of carbonyl (C=O) groups excluding carboxylic acids is 1. The summed E-state index contributed by atoms with van der Waals surface area (Å²) in [7, 11) is -2.50. The highest BCUT2D eigenvalue weighted by atomic mass is 35.5. The number of amides is 1. The first-order valence-electron chi connectivity index (χ1n) is 7.08. The van der Waals surface area contributed by atoms with Gasteiger partial charge in [-0.3, -0.25) is 4.79 Å². The molecular formula is C15H15ClN4O3S. The Hall–Kier alpha value is -2.32. The average molecular weight is 367 g/mol. The van der Waals surface area contributed by atoms with Crippen molar-refractivity contribution in [2.24, 2.45) is 0 Å². The average Bonchev–Trinajstić information content (AvgIpc) is 2.89. The molecule has 1 aromatic heterocycles. The Balaban J connectivity index is 2.20. The number of aromatic nitrogens is 2. The molecule has 0 radical (unpaired) electrons. The second kappa shape index (κ2) is 5.64. The van der Waals surface area contributed by atoms with E-state index in [0.717, 1.165) is 9.65 Å². The van der Waals surface area contributed by atoms with Crippen molar-refractivity contribution < 1.29 is 13.2 Å². The molecule has 2 heterocycles. The van der Waals surface area contributed by atoms with Crippen LogP contribution < -0.4 is 10.6 Å². The third kappa shape index (κ3) is 2.38. The molecule has 9 heteroatoms. The van der Waals surface area contributed by atoms with Gasteiger partial charge in [-0.2, -0.15) is 8.42 Å². The van der Waals surface area contributed by atoms with E-state index in [-0.39, 0.29) is 21.4 Å². The quantitative estimate of drug-likeness (QED) is 0.849. The Morgan fingerprint density at radius 2 is 1.88 bits per heavy atom. The van der Waals surface area contributed by atoms with Gasteiger partial charge in [0, 0.05) is 7.05 Å². The van der Waals surface area contributed by atoms with Crippen molar-refractivity contribution in [3.63, 3.8) is 0 Å². The van der Waals surface area contributed by atoms with E-state index in [1.807, 2.05) is 31.2 Å². The Kier molecular flexibility index (Phi) is 3.89. The Morgan fingerprint density at radius 1 is 1.25 bits per heavy atom. The number of halogens is 1. The van der Waals surface area contributed by atoms with Crippen LogP contribution in [0.3, 0.4) is 0 Å². The van der Waals surface area contributed by atoms with Crippen LogP contribution in [-0.4, -0.2) is 30.6 Å². The zero-order chi connectivity index (χ0) is 17.6. The number of aryl methyl sites for hydroxylation is 1. The summed E-state index contributed by atoms with van der Waals surface area (Å²) in [6.07, 6.45) is 0. The van der Waals surface area contributed by atoms with E-state index in [4.69, 9.17) is 11.6 Å². The van der Waals surface area contributed by atoms with Gasteiger partial charge in [0.1, 0.15) is 5.02 Å². The van der Waals surface area contributed by atoms with Gasteiger partial charge in [0.15, 0.2) is 11.5 Å². The summed E-state index contributed by atoms with van der Waals surface area (Å²) in [6.45, 7) is 3.42. The predicted molar refractivity (Wildman–Crippen MR) is 92.3 cm³/mol. The SMILES string of the molecule is CNC(=O)c1nn2c(c1Cl)NC(c1ccc(C)cc1)=C(C)S2(=O)=O. The van der Waals surface area contributed by atoms with E-state index in [9.17, 15) is 13.2 Å². The monoisotopic (exact) mass is 366 g/mol. The van der Waals surface area contributed by atoms with Gasteiger partial charge in [0.25, 0.3) is 15.9 Å². The molecule has 0 fully saturated rings. The van der Waals surface area contributed by atoms with Crippen molar-refractivity contribution in [3.05, 3.63) is 51.0 Å². The summed E-state index contributed by atoms with van der Waals surface area (Å²) >= 11 is 6.18. The lowest BCUT2D eigenvalue weighted by Crippen LogP contribution is -2.25. The molecule has 24 heavy (non-hydrogen) atoms. The largest absolute Gasteiger partial charge is 0.354 e. The molecule has 0 spiro atoms. The third-order valence-electron chi connectivity index (χ3n) is 3.79. The van der Waals surface area contributed by atoms with Crippen LogP contribution in [0.15, 0.2) is 29.2 Å². The fourth-order valence-corrected chi connectivity index (χ4v) is 3.94. The Bertz CT molecular complexity index is 975. The van der Waals surface area contributed by atoms with Crippen molar-refractivity contribution in [1.29, 1.82) is 0 Å². The van der Waals surface area contributed by atoms with Gasteiger partial charge < -0.3 is 10.6 Å². The number of carbonyl (C=O) groups is 1. The van der Waals surface area contributed by atoms with Crippen LogP contribution in [0.2, 0.25) is 5.02 Å². The highest BCUT2D eigenvalue weighted by Crippen LogP contribution is 2.37. The first kappa shape index (κ1) is 16.5. The van der Waals surface area contributed by atoms with Crippen molar-refractivity contribution in [3.8, 4) is 0 Å². The molecule has 0 atom stereocenters. The number of anilines is 1. The molecule has 3 rings (SSSR count). The van der Waals surface area contributed by atoms with Crippen LogP contribution >= 0.6 is 11.6 Å². The van der Waals surface area contributed by atoms with E-state index in [2.05, 4.69) is 15.7 Å². The molecule has 0 bridgehead atoms. The number of fused-ring (bicyclic) bond motifs is 1. The van der Waals surface area contributed by atoms with Crippen LogP contribution in [0.1, 0.15) is 28.5 Å². The maximum Gasteiger partial charge on any atom is 0.282 e.